The van der Waals surface area contributed by atoms with E-state index in [1.807, 2.05) is 52.0 Å². The van der Waals surface area contributed by atoms with E-state index in [-0.39, 0.29) is 23.9 Å². The van der Waals surface area contributed by atoms with Gasteiger partial charge in [0, 0.05) is 24.5 Å². The minimum absolute atomic E-state index is 0.0640. The summed E-state index contributed by atoms with van der Waals surface area (Å²) in [4.78, 5) is 54.6. The number of ether oxygens (including phenoxy) is 2. The molecule has 0 unspecified atom stereocenters. The third-order valence-corrected chi connectivity index (χ3v) is 8.52. The van der Waals surface area contributed by atoms with Crippen LogP contribution in [0.4, 0.5) is 15.5 Å². The molecule has 55 heavy (non-hydrogen) atoms. The van der Waals surface area contributed by atoms with Gasteiger partial charge in [0.1, 0.15) is 28.4 Å². The van der Waals surface area contributed by atoms with E-state index in [0.29, 0.717) is 5.69 Å². The molecule has 1 aliphatic heterocycles. The zero-order valence-corrected chi connectivity index (χ0v) is 33.6. The molecule has 4 rings (SSSR count). The predicted octanol–water partition coefficient (Wildman–Crippen LogP) is 5.41. The Morgan fingerprint density at radius 1 is 0.764 bits per heavy atom. The van der Waals surface area contributed by atoms with E-state index in [9.17, 15) is 29.4 Å². The van der Waals surface area contributed by atoms with E-state index in [0.717, 1.165) is 22.2 Å². The summed E-state index contributed by atoms with van der Waals surface area (Å²) in [6, 6.07) is 13.7. The standard InChI is InChI=1S/C20H30BNO6.C18H21ClN4O4/c1-18(2,3)26-17(25)22-15(16(23)24)12-13-8-10-14(11-9-13)21-27-19(4,5)20(6,7)28-21;1-18(2,3)27-17(26)22-13(15(24)25)8-10-4-6-11(7-5-10)12-9-14(19)23-16(20)21-12/h8-11,15H,12H2,1-7H3,(H,22,25)(H,23,24);4-7,9,13H,8H2,1-3H3,(H,22,26)(H,24,25)(H2,20,21,23)/t15-;13-/m00/s1. The lowest BCUT2D eigenvalue weighted by atomic mass is 9.78. The van der Waals surface area contributed by atoms with Gasteiger partial charge in [0.15, 0.2) is 0 Å². The first kappa shape index (κ1) is 44.5. The predicted molar refractivity (Wildman–Crippen MR) is 208 cm³/mol. The van der Waals surface area contributed by atoms with E-state index >= 15 is 0 Å². The number of nitrogens with one attached hydrogen (secondary N) is 2. The number of hydrogen-bond acceptors (Lipinski definition) is 11. The number of carboxylic acid groups (broad SMARTS) is 2. The Bertz CT molecular complexity index is 1790. The number of aromatic nitrogens is 2. The molecule has 6 N–H and O–H groups in total. The number of alkyl carbamates (subject to hydrolysis) is 2. The number of halogens is 1. The van der Waals surface area contributed by atoms with Crippen molar-refractivity contribution in [3.63, 3.8) is 0 Å². The van der Waals surface area contributed by atoms with Crippen LogP contribution < -0.4 is 21.8 Å². The second kappa shape index (κ2) is 17.7. The average Bonchev–Trinajstić information content (AvgIpc) is 3.25. The highest BCUT2D eigenvalue weighted by Gasteiger charge is 2.51. The molecule has 0 spiro atoms. The van der Waals surface area contributed by atoms with Crippen LogP contribution >= 0.6 is 11.6 Å². The Balaban J connectivity index is 0.000000296. The van der Waals surface area contributed by atoms with Crippen molar-refractivity contribution in [1.29, 1.82) is 0 Å². The highest BCUT2D eigenvalue weighted by molar-refractivity contribution is 6.62. The number of anilines is 1. The number of carbonyl (C=O) groups excluding carboxylic acids is 2. The number of amides is 2. The molecule has 1 fully saturated rings. The molecular formula is C38H51BClN5O10. The van der Waals surface area contributed by atoms with Crippen LogP contribution in [0.1, 0.15) is 80.4 Å². The second-order valence-corrected chi connectivity index (χ2v) is 16.3. The number of rotatable bonds is 10. The molecule has 2 heterocycles. The van der Waals surface area contributed by atoms with Crippen LogP contribution in [0.2, 0.25) is 5.15 Å². The van der Waals surface area contributed by atoms with Crippen molar-refractivity contribution in [3.05, 3.63) is 70.9 Å². The monoisotopic (exact) mass is 783 g/mol. The van der Waals surface area contributed by atoms with Crippen molar-refractivity contribution in [3.8, 4) is 11.3 Å². The fourth-order valence-corrected chi connectivity index (χ4v) is 5.15. The van der Waals surface area contributed by atoms with Gasteiger partial charge in [-0.3, -0.25) is 0 Å². The molecule has 17 heteroatoms. The molecule has 1 saturated heterocycles. The quantitative estimate of drug-likeness (QED) is 0.128. The Hall–Kier alpha value is -4.93. The van der Waals surface area contributed by atoms with Gasteiger partial charge in [-0.25, -0.2) is 29.1 Å². The van der Waals surface area contributed by atoms with E-state index in [1.165, 1.54) is 0 Å². The molecule has 0 aliphatic carbocycles. The number of nitrogens with two attached hydrogens (primary N) is 1. The number of carboxylic acids is 2. The van der Waals surface area contributed by atoms with Crippen LogP contribution in [-0.2, 0) is 41.2 Å². The van der Waals surface area contributed by atoms with Crippen molar-refractivity contribution in [2.24, 2.45) is 0 Å². The summed E-state index contributed by atoms with van der Waals surface area (Å²) >= 11 is 5.88. The van der Waals surface area contributed by atoms with Gasteiger partial charge >= 0.3 is 31.2 Å². The van der Waals surface area contributed by atoms with Crippen molar-refractivity contribution < 1.29 is 48.2 Å². The first-order valence-electron chi connectivity index (χ1n) is 17.5. The highest BCUT2D eigenvalue weighted by atomic mass is 35.5. The summed E-state index contributed by atoms with van der Waals surface area (Å²) in [5.41, 5.74) is 6.97. The Morgan fingerprint density at radius 3 is 1.53 bits per heavy atom. The SMILES string of the molecule is CC(C)(C)OC(=O)N[C@@H](Cc1ccc(-c2cc(Cl)nc(N)n2)cc1)C(=O)O.CC(C)(C)OC(=O)N[C@@H](Cc1ccc(B2OC(C)(C)C(C)(C)O2)cc1)C(=O)O. The minimum atomic E-state index is -1.15. The molecular weight excluding hydrogens is 733 g/mol. The fourth-order valence-electron chi connectivity index (χ4n) is 4.96. The Kier molecular flexibility index (Phi) is 14.3. The molecule has 0 bridgehead atoms. The van der Waals surface area contributed by atoms with E-state index in [2.05, 4.69) is 20.6 Å². The summed E-state index contributed by atoms with van der Waals surface area (Å²) in [6.07, 6.45) is -1.30. The molecule has 0 radical (unpaired) electrons. The molecule has 3 aromatic rings. The third kappa shape index (κ3) is 14.0. The summed E-state index contributed by atoms with van der Waals surface area (Å²) in [6.45, 7) is 18.2. The number of aliphatic carboxylic acids is 2. The van der Waals surface area contributed by atoms with E-state index in [4.69, 9.17) is 36.1 Å². The number of nitrogen functional groups attached to an aromatic ring is 1. The van der Waals surface area contributed by atoms with E-state index < -0.39 is 65.7 Å². The summed E-state index contributed by atoms with van der Waals surface area (Å²) < 4.78 is 22.3. The molecule has 2 atom stereocenters. The fraction of sp³-hybridized carbons (Fsp3) is 0.474. The Morgan fingerprint density at radius 2 is 1.16 bits per heavy atom. The van der Waals surface area contributed by atoms with Crippen LogP contribution in [0, 0.1) is 0 Å². The number of benzene rings is 2. The summed E-state index contributed by atoms with van der Waals surface area (Å²) in [5.74, 6) is -2.21. The maximum atomic E-state index is 11.9. The third-order valence-electron chi connectivity index (χ3n) is 8.32. The molecule has 15 nitrogen and oxygen atoms in total. The largest absolute Gasteiger partial charge is 0.494 e. The zero-order valence-electron chi connectivity index (χ0n) is 32.9. The number of carbonyl (C=O) groups is 4. The number of nitrogens with zero attached hydrogens (tertiary/aromatic N) is 2. The van der Waals surface area contributed by atoms with Gasteiger partial charge in [0.2, 0.25) is 5.95 Å². The van der Waals surface area contributed by atoms with Crippen molar-refractivity contribution >= 4 is 54.3 Å². The van der Waals surface area contributed by atoms with Gasteiger partial charge in [0.05, 0.1) is 16.9 Å². The maximum absolute atomic E-state index is 11.9. The lowest BCUT2D eigenvalue weighted by Crippen LogP contribution is -2.44. The smallest absolute Gasteiger partial charge is 0.480 e. The molecule has 2 aromatic carbocycles. The topological polar surface area (TPSA) is 222 Å². The van der Waals surface area contributed by atoms with Gasteiger partial charge in [-0.05, 0) is 85.8 Å². The van der Waals surface area contributed by atoms with Crippen LogP contribution in [0.15, 0.2) is 54.6 Å². The van der Waals surface area contributed by atoms with Gasteiger partial charge in [-0.1, -0.05) is 60.1 Å². The molecule has 298 valence electrons. The van der Waals surface area contributed by atoms with Crippen molar-refractivity contribution in [1.82, 2.24) is 20.6 Å². The molecule has 1 aliphatic rings. The summed E-state index contributed by atoms with van der Waals surface area (Å²) in [5, 5.41) is 23.8. The van der Waals surface area contributed by atoms with Crippen LogP contribution in [-0.4, -0.2) is 85.9 Å². The first-order chi connectivity index (χ1) is 25.2. The lowest BCUT2D eigenvalue weighted by Gasteiger charge is -2.32. The highest BCUT2D eigenvalue weighted by Crippen LogP contribution is 2.36. The van der Waals surface area contributed by atoms with E-state index in [1.54, 1.807) is 71.9 Å². The second-order valence-electron chi connectivity index (χ2n) is 15.9. The molecule has 1 aromatic heterocycles. The lowest BCUT2D eigenvalue weighted by molar-refractivity contribution is -0.140. The molecule has 0 saturated carbocycles. The van der Waals surface area contributed by atoms with Gasteiger partial charge < -0.3 is 45.4 Å². The maximum Gasteiger partial charge on any atom is 0.494 e. The minimum Gasteiger partial charge on any atom is -0.480 e. The Labute approximate surface area is 326 Å². The van der Waals surface area contributed by atoms with Crippen LogP contribution in [0.25, 0.3) is 11.3 Å². The normalized spacial score (nSPS) is 15.8. The average molecular weight is 784 g/mol. The van der Waals surface area contributed by atoms with Crippen molar-refractivity contribution in [2.45, 2.75) is 117 Å². The van der Waals surface area contributed by atoms with Gasteiger partial charge in [-0.2, -0.15) is 0 Å². The van der Waals surface area contributed by atoms with Crippen LogP contribution in [0.5, 0.6) is 0 Å². The zero-order chi connectivity index (χ0) is 41.5. The van der Waals surface area contributed by atoms with Gasteiger partial charge in [-0.15, -0.1) is 0 Å². The number of hydrogen-bond donors (Lipinski definition) is 5. The van der Waals surface area contributed by atoms with Crippen LogP contribution in [0.3, 0.4) is 0 Å². The summed E-state index contributed by atoms with van der Waals surface area (Å²) in [7, 11) is -0.478. The van der Waals surface area contributed by atoms with Crippen molar-refractivity contribution in [2.75, 3.05) is 5.73 Å². The first-order valence-corrected chi connectivity index (χ1v) is 17.9. The van der Waals surface area contributed by atoms with Gasteiger partial charge in [0.25, 0.3) is 0 Å². The molecule has 2 amide bonds.